The largest absolute Gasteiger partial charge is 4.00 e. The summed E-state index contributed by atoms with van der Waals surface area (Å²) < 4.78 is 0. The molecule has 2 aliphatic carbocycles. The topological polar surface area (TPSA) is 0 Å². The standard InChI is InChI=1S/C18H26Si.2ClH.Ti/c1-7-15-13(3)9-11-17(15)19(5,6)18-12-10-14(4)16(18)8-2;;;/h7-8,11-12H2,1-6H3;2*1H;/q-2;;;+4/p-2. The summed E-state index contributed by atoms with van der Waals surface area (Å²) in [5.74, 6) is 0. The minimum Gasteiger partial charge on any atom is -1.00 e. The minimum atomic E-state index is -1.50. The van der Waals surface area contributed by atoms with Crippen LogP contribution >= 0.6 is 0 Å². The molecule has 120 valence electrons. The average molecular weight is 389 g/mol. The van der Waals surface area contributed by atoms with Gasteiger partial charge in [-0.3, -0.25) is 12.2 Å². The van der Waals surface area contributed by atoms with Crippen molar-refractivity contribution in [3.63, 3.8) is 0 Å². The van der Waals surface area contributed by atoms with Crippen molar-refractivity contribution in [1.82, 2.24) is 0 Å². The quantitative estimate of drug-likeness (QED) is 0.449. The molecule has 0 aromatic carbocycles. The van der Waals surface area contributed by atoms with Crippen LogP contribution in [-0.2, 0) is 21.7 Å². The molecule has 2 rings (SSSR count). The molecule has 22 heavy (non-hydrogen) atoms. The van der Waals surface area contributed by atoms with E-state index in [1.54, 1.807) is 21.5 Å². The molecular formula is C18H26Cl2SiTi. The van der Waals surface area contributed by atoms with Crippen molar-refractivity contribution >= 4 is 8.07 Å². The maximum atomic E-state index is 3.57. The van der Waals surface area contributed by atoms with Crippen LogP contribution in [0.25, 0.3) is 0 Å². The average Bonchev–Trinajstić information content (AvgIpc) is 2.92. The van der Waals surface area contributed by atoms with Crippen LogP contribution in [0.5, 0.6) is 0 Å². The van der Waals surface area contributed by atoms with Gasteiger partial charge in [-0.05, 0) is 0 Å². The third kappa shape index (κ3) is 4.30. The molecule has 0 unspecified atom stereocenters. The number of allylic oxidation sites excluding steroid dienone is 8. The maximum absolute atomic E-state index is 3.57. The first-order chi connectivity index (χ1) is 8.93. The van der Waals surface area contributed by atoms with E-state index in [4.69, 9.17) is 0 Å². The van der Waals surface area contributed by atoms with Gasteiger partial charge in [-0.25, -0.2) is 11.1 Å². The second-order valence-electron chi connectivity index (χ2n) is 6.20. The van der Waals surface area contributed by atoms with Crippen LogP contribution in [0, 0.1) is 12.2 Å². The Kier molecular flexibility index (Phi) is 10.9. The molecule has 0 fully saturated rings. The monoisotopic (exact) mass is 388 g/mol. The molecule has 0 saturated heterocycles. The molecule has 0 N–H and O–H groups in total. The predicted octanol–water partition coefficient (Wildman–Crippen LogP) is -0.502. The molecule has 0 heterocycles. The van der Waals surface area contributed by atoms with Crippen LogP contribution in [0.1, 0.15) is 53.4 Å². The Morgan fingerprint density at radius 2 is 1.14 bits per heavy atom. The number of hydrogen-bond acceptors (Lipinski definition) is 0. The van der Waals surface area contributed by atoms with Gasteiger partial charge in [0.2, 0.25) is 0 Å². The Morgan fingerprint density at radius 3 is 1.41 bits per heavy atom. The van der Waals surface area contributed by atoms with Crippen molar-refractivity contribution in [2.45, 2.75) is 66.5 Å². The number of hydrogen-bond donors (Lipinski definition) is 0. The zero-order valence-electron chi connectivity index (χ0n) is 14.6. The first kappa shape index (κ1) is 24.7. The third-order valence-electron chi connectivity index (χ3n) is 4.91. The fraction of sp³-hybridized carbons (Fsp3) is 0.556. The molecule has 0 atom stereocenters. The molecule has 0 aromatic rings. The second kappa shape index (κ2) is 9.69. The van der Waals surface area contributed by atoms with E-state index < -0.39 is 8.07 Å². The summed E-state index contributed by atoms with van der Waals surface area (Å²) in [5, 5.41) is 3.45. The van der Waals surface area contributed by atoms with Gasteiger partial charge in [-0.15, -0.1) is 12.8 Å². The van der Waals surface area contributed by atoms with Gasteiger partial charge >= 0.3 is 21.7 Å². The van der Waals surface area contributed by atoms with Crippen molar-refractivity contribution in [2.24, 2.45) is 0 Å². The van der Waals surface area contributed by atoms with E-state index in [1.165, 1.54) is 11.1 Å². The molecule has 0 spiro atoms. The van der Waals surface area contributed by atoms with Crippen molar-refractivity contribution in [3.8, 4) is 0 Å². The van der Waals surface area contributed by atoms with E-state index in [0.717, 1.165) is 25.7 Å². The van der Waals surface area contributed by atoms with Crippen molar-refractivity contribution in [2.75, 3.05) is 0 Å². The zero-order valence-corrected chi connectivity index (χ0v) is 18.7. The molecular weight excluding hydrogens is 363 g/mol. The summed E-state index contributed by atoms with van der Waals surface area (Å²) >= 11 is 0. The summed E-state index contributed by atoms with van der Waals surface area (Å²) in [4.78, 5) is 0. The van der Waals surface area contributed by atoms with Gasteiger partial charge in [-0.2, -0.15) is 21.5 Å². The first-order valence-electron chi connectivity index (χ1n) is 7.54. The van der Waals surface area contributed by atoms with E-state index in [1.807, 2.05) is 0 Å². The molecule has 0 aromatic heterocycles. The SMILES string of the molecule is CCC1=C([Si](C)(C)C2=C(CC)C(C)=[C-]C2)C[C-]=C1C.[Cl-].[Cl-].[Ti+4]. The Hall–Kier alpha value is 0.471. The summed E-state index contributed by atoms with van der Waals surface area (Å²) in [6, 6.07) is 0. The second-order valence-corrected chi connectivity index (χ2v) is 10.7. The summed E-state index contributed by atoms with van der Waals surface area (Å²) in [6.45, 7) is 14.1. The van der Waals surface area contributed by atoms with Crippen LogP contribution in [-0.4, -0.2) is 8.07 Å². The molecule has 0 radical (unpaired) electrons. The predicted molar refractivity (Wildman–Crippen MR) is 86.2 cm³/mol. The van der Waals surface area contributed by atoms with Gasteiger partial charge < -0.3 is 24.8 Å². The van der Waals surface area contributed by atoms with E-state index in [2.05, 4.69) is 52.9 Å². The van der Waals surface area contributed by atoms with Crippen LogP contribution in [0.15, 0.2) is 32.7 Å². The smallest absolute Gasteiger partial charge is 1.00 e. The number of rotatable bonds is 4. The fourth-order valence-electron chi connectivity index (χ4n) is 3.66. The molecule has 0 saturated carbocycles. The third-order valence-corrected chi connectivity index (χ3v) is 8.89. The maximum Gasteiger partial charge on any atom is 4.00 e. The Bertz CT molecular complexity index is 479. The summed E-state index contributed by atoms with van der Waals surface area (Å²) in [5.41, 5.74) is 6.01. The van der Waals surface area contributed by atoms with E-state index in [9.17, 15) is 0 Å². The molecule has 2 aliphatic rings. The Morgan fingerprint density at radius 1 is 0.818 bits per heavy atom. The van der Waals surface area contributed by atoms with Gasteiger partial charge in [0.1, 0.15) is 0 Å². The molecule has 0 bridgehead atoms. The van der Waals surface area contributed by atoms with Gasteiger partial charge in [0.15, 0.2) is 0 Å². The van der Waals surface area contributed by atoms with Gasteiger partial charge in [-0.1, -0.05) is 53.6 Å². The van der Waals surface area contributed by atoms with Crippen LogP contribution < -0.4 is 24.8 Å². The normalized spacial score (nSPS) is 17.5. The molecule has 4 heteroatoms. The van der Waals surface area contributed by atoms with E-state index >= 15 is 0 Å². The first-order valence-corrected chi connectivity index (χ1v) is 10.5. The Labute approximate surface area is 165 Å². The minimum absolute atomic E-state index is 0. The van der Waals surface area contributed by atoms with Crippen LogP contribution in [0.2, 0.25) is 13.1 Å². The van der Waals surface area contributed by atoms with Crippen molar-refractivity contribution in [1.29, 1.82) is 0 Å². The zero-order chi connectivity index (χ0) is 14.2. The summed E-state index contributed by atoms with van der Waals surface area (Å²) in [7, 11) is -1.50. The molecule has 0 amide bonds. The van der Waals surface area contributed by atoms with Crippen LogP contribution in [0.4, 0.5) is 0 Å². The fourth-order valence-corrected chi connectivity index (χ4v) is 7.32. The van der Waals surface area contributed by atoms with Crippen molar-refractivity contribution in [3.05, 3.63) is 44.8 Å². The number of halogens is 2. The Balaban J connectivity index is 0. The van der Waals surface area contributed by atoms with E-state index in [-0.39, 0.29) is 46.5 Å². The van der Waals surface area contributed by atoms with Gasteiger partial charge in [0.25, 0.3) is 0 Å². The van der Waals surface area contributed by atoms with Gasteiger partial charge in [0.05, 0.1) is 8.07 Å². The van der Waals surface area contributed by atoms with Gasteiger partial charge in [0, 0.05) is 0 Å². The van der Waals surface area contributed by atoms with E-state index in [0.29, 0.717) is 0 Å². The van der Waals surface area contributed by atoms with Crippen molar-refractivity contribution < 1.29 is 46.5 Å². The molecule has 0 nitrogen and oxygen atoms in total. The molecule has 0 aliphatic heterocycles. The van der Waals surface area contributed by atoms with Crippen LogP contribution in [0.3, 0.4) is 0 Å². The summed E-state index contributed by atoms with van der Waals surface area (Å²) in [6.07, 6.45) is 11.6.